The summed E-state index contributed by atoms with van der Waals surface area (Å²) in [5.41, 5.74) is 1.54. The number of amides is 2. The Morgan fingerprint density at radius 1 is 0.905 bits per heavy atom. The van der Waals surface area contributed by atoms with Crippen LogP contribution in [0, 0.1) is 0 Å². The summed E-state index contributed by atoms with van der Waals surface area (Å²) >= 11 is 0. The van der Waals surface area contributed by atoms with Crippen molar-refractivity contribution in [3.8, 4) is 0 Å². The zero-order valence-corrected chi connectivity index (χ0v) is 11.7. The number of nitrogens with one attached hydrogen (secondary N) is 1. The second kappa shape index (κ2) is 5.40. The number of benzene rings is 2. The molecule has 2 aromatic rings. The van der Waals surface area contributed by atoms with E-state index in [1.54, 1.807) is 11.8 Å². The van der Waals surface area contributed by atoms with E-state index in [9.17, 15) is 9.59 Å². The molecule has 1 N–H and O–H groups in total. The van der Waals surface area contributed by atoms with Crippen LogP contribution in [0.2, 0.25) is 0 Å². The van der Waals surface area contributed by atoms with Gasteiger partial charge >= 0.3 is 0 Å². The standard InChI is InChI=1S/C17H16N2O2/c1-12-16(20)18-15(13-8-4-2-5-9-13)17(21)19(12)14-10-6-3-7-11-14/h2-12,15H,1H3,(H,18,20). The number of carbonyl (C=O) groups excluding carboxylic acids is 2. The van der Waals surface area contributed by atoms with Gasteiger partial charge in [-0.15, -0.1) is 0 Å². The molecule has 2 atom stereocenters. The van der Waals surface area contributed by atoms with Gasteiger partial charge in [0.05, 0.1) is 0 Å². The van der Waals surface area contributed by atoms with Crippen molar-refractivity contribution in [2.75, 3.05) is 4.90 Å². The van der Waals surface area contributed by atoms with E-state index >= 15 is 0 Å². The summed E-state index contributed by atoms with van der Waals surface area (Å²) in [4.78, 5) is 26.6. The highest BCUT2D eigenvalue weighted by Crippen LogP contribution is 2.27. The van der Waals surface area contributed by atoms with Gasteiger partial charge < -0.3 is 5.32 Å². The van der Waals surface area contributed by atoms with Gasteiger partial charge in [-0.3, -0.25) is 14.5 Å². The molecule has 1 fully saturated rings. The molecule has 0 spiro atoms. The number of piperazine rings is 1. The third-order valence-corrected chi connectivity index (χ3v) is 3.70. The summed E-state index contributed by atoms with van der Waals surface area (Å²) in [6, 6.07) is 17.5. The third kappa shape index (κ3) is 2.40. The summed E-state index contributed by atoms with van der Waals surface area (Å²) in [6.45, 7) is 1.74. The second-order valence-electron chi connectivity index (χ2n) is 5.07. The summed E-state index contributed by atoms with van der Waals surface area (Å²) in [5, 5.41) is 2.80. The van der Waals surface area contributed by atoms with Gasteiger partial charge in [0.15, 0.2) is 0 Å². The number of nitrogens with zero attached hydrogens (tertiary/aromatic N) is 1. The molecule has 2 unspecified atom stereocenters. The van der Waals surface area contributed by atoms with E-state index < -0.39 is 12.1 Å². The van der Waals surface area contributed by atoms with Crippen LogP contribution in [0.5, 0.6) is 0 Å². The molecule has 0 saturated carbocycles. The SMILES string of the molecule is CC1C(=O)NC(c2ccccc2)C(=O)N1c1ccccc1. The van der Waals surface area contributed by atoms with Crippen molar-refractivity contribution >= 4 is 17.5 Å². The fraction of sp³-hybridized carbons (Fsp3) is 0.176. The normalized spacial score (nSPS) is 22.0. The molecule has 106 valence electrons. The van der Waals surface area contributed by atoms with E-state index in [4.69, 9.17) is 0 Å². The highest BCUT2D eigenvalue weighted by atomic mass is 16.2. The van der Waals surface area contributed by atoms with E-state index in [1.165, 1.54) is 0 Å². The first-order valence-electron chi connectivity index (χ1n) is 6.92. The monoisotopic (exact) mass is 280 g/mol. The highest BCUT2D eigenvalue weighted by Gasteiger charge is 2.39. The maximum atomic E-state index is 12.8. The Kier molecular flexibility index (Phi) is 3.44. The second-order valence-corrected chi connectivity index (χ2v) is 5.07. The van der Waals surface area contributed by atoms with Gasteiger partial charge in [0.1, 0.15) is 12.1 Å². The Morgan fingerprint density at radius 2 is 1.48 bits per heavy atom. The van der Waals surface area contributed by atoms with Gasteiger partial charge in [-0.25, -0.2) is 0 Å². The fourth-order valence-corrected chi connectivity index (χ4v) is 2.58. The van der Waals surface area contributed by atoms with Crippen LogP contribution in [0.3, 0.4) is 0 Å². The first-order chi connectivity index (χ1) is 10.2. The van der Waals surface area contributed by atoms with Crippen LogP contribution in [-0.4, -0.2) is 17.9 Å². The molecular weight excluding hydrogens is 264 g/mol. The van der Waals surface area contributed by atoms with E-state index in [1.807, 2.05) is 60.7 Å². The molecule has 1 heterocycles. The molecule has 4 nitrogen and oxygen atoms in total. The largest absolute Gasteiger partial charge is 0.339 e. The predicted octanol–water partition coefficient (Wildman–Crippen LogP) is 2.28. The summed E-state index contributed by atoms with van der Waals surface area (Å²) < 4.78 is 0. The number of hydrogen-bond donors (Lipinski definition) is 1. The van der Waals surface area contributed by atoms with Crippen LogP contribution in [0.15, 0.2) is 60.7 Å². The third-order valence-electron chi connectivity index (χ3n) is 3.70. The molecular formula is C17H16N2O2. The minimum Gasteiger partial charge on any atom is -0.339 e. The number of anilines is 1. The Bertz CT molecular complexity index is 655. The lowest BCUT2D eigenvalue weighted by molar-refractivity contribution is -0.133. The zero-order valence-electron chi connectivity index (χ0n) is 11.7. The fourth-order valence-electron chi connectivity index (χ4n) is 2.58. The van der Waals surface area contributed by atoms with Gasteiger partial charge in [-0.1, -0.05) is 48.5 Å². The van der Waals surface area contributed by atoms with Gasteiger partial charge in [0.2, 0.25) is 5.91 Å². The molecule has 1 aliphatic rings. The molecule has 1 saturated heterocycles. The van der Waals surface area contributed by atoms with Crippen LogP contribution < -0.4 is 10.2 Å². The van der Waals surface area contributed by atoms with Gasteiger partial charge in [0, 0.05) is 5.69 Å². The lowest BCUT2D eigenvalue weighted by Gasteiger charge is -2.37. The van der Waals surface area contributed by atoms with Crippen LogP contribution in [0.1, 0.15) is 18.5 Å². The zero-order chi connectivity index (χ0) is 14.8. The van der Waals surface area contributed by atoms with Crippen molar-refractivity contribution < 1.29 is 9.59 Å². The van der Waals surface area contributed by atoms with Crippen LogP contribution >= 0.6 is 0 Å². The molecule has 0 aromatic heterocycles. The summed E-state index contributed by atoms with van der Waals surface area (Å²) in [7, 11) is 0. The van der Waals surface area contributed by atoms with Crippen LogP contribution in [0.25, 0.3) is 0 Å². The number of para-hydroxylation sites is 1. The number of carbonyl (C=O) groups is 2. The molecule has 0 bridgehead atoms. The van der Waals surface area contributed by atoms with E-state index in [2.05, 4.69) is 5.32 Å². The average molecular weight is 280 g/mol. The van der Waals surface area contributed by atoms with Gasteiger partial charge in [-0.05, 0) is 24.6 Å². The molecule has 2 aromatic carbocycles. The molecule has 2 amide bonds. The molecule has 0 aliphatic carbocycles. The summed E-state index contributed by atoms with van der Waals surface area (Å²) in [6.07, 6.45) is 0. The van der Waals surface area contributed by atoms with Crippen molar-refractivity contribution in [1.82, 2.24) is 5.32 Å². The maximum absolute atomic E-state index is 12.8. The highest BCUT2D eigenvalue weighted by molar-refractivity contribution is 6.08. The number of rotatable bonds is 2. The minimum absolute atomic E-state index is 0.112. The van der Waals surface area contributed by atoms with E-state index in [0.29, 0.717) is 0 Å². The van der Waals surface area contributed by atoms with Crippen molar-refractivity contribution in [1.29, 1.82) is 0 Å². The minimum atomic E-state index is -0.630. The lowest BCUT2D eigenvalue weighted by Crippen LogP contribution is -2.58. The first-order valence-corrected chi connectivity index (χ1v) is 6.92. The lowest BCUT2D eigenvalue weighted by atomic mass is 10.00. The van der Waals surface area contributed by atoms with Crippen molar-refractivity contribution in [2.24, 2.45) is 0 Å². The van der Waals surface area contributed by atoms with Crippen LogP contribution in [0.4, 0.5) is 5.69 Å². The molecule has 1 aliphatic heterocycles. The maximum Gasteiger partial charge on any atom is 0.254 e. The Labute approximate surface area is 123 Å². The van der Waals surface area contributed by atoms with Gasteiger partial charge in [-0.2, -0.15) is 0 Å². The topological polar surface area (TPSA) is 49.4 Å². The van der Waals surface area contributed by atoms with Gasteiger partial charge in [0.25, 0.3) is 5.91 Å². The van der Waals surface area contributed by atoms with Crippen molar-refractivity contribution in [3.63, 3.8) is 0 Å². The molecule has 21 heavy (non-hydrogen) atoms. The molecule has 4 heteroatoms. The quantitative estimate of drug-likeness (QED) is 0.917. The molecule has 3 rings (SSSR count). The van der Waals surface area contributed by atoms with E-state index in [-0.39, 0.29) is 11.8 Å². The Balaban J connectivity index is 2.00. The Hall–Kier alpha value is -2.62. The smallest absolute Gasteiger partial charge is 0.254 e. The van der Waals surface area contributed by atoms with Crippen molar-refractivity contribution in [2.45, 2.75) is 19.0 Å². The number of hydrogen-bond acceptors (Lipinski definition) is 2. The Morgan fingerprint density at radius 3 is 2.10 bits per heavy atom. The summed E-state index contributed by atoms with van der Waals surface area (Å²) in [5.74, 6) is -0.258. The van der Waals surface area contributed by atoms with Crippen molar-refractivity contribution in [3.05, 3.63) is 66.2 Å². The predicted molar refractivity (Wildman–Crippen MR) is 80.7 cm³/mol. The average Bonchev–Trinajstić information content (AvgIpc) is 2.53. The first kappa shape index (κ1) is 13.4. The molecule has 0 radical (unpaired) electrons. The van der Waals surface area contributed by atoms with E-state index in [0.717, 1.165) is 11.3 Å². The van der Waals surface area contributed by atoms with Crippen LogP contribution in [-0.2, 0) is 9.59 Å².